The van der Waals surface area contributed by atoms with Crippen LogP contribution in [0, 0.1) is 6.92 Å². The first-order valence-electron chi connectivity index (χ1n) is 7.04. The monoisotopic (exact) mass is 306 g/mol. The van der Waals surface area contributed by atoms with Crippen molar-refractivity contribution in [1.29, 1.82) is 0 Å². The Labute approximate surface area is 126 Å². The predicted octanol–water partition coefficient (Wildman–Crippen LogP) is 1.76. The van der Waals surface area contributed by atoms with Crippen LogP contribution < -0.4 is 11.0 Å². The number of aromatic nitrogens is 5. The molecule has 1 aliphatic rings. The summed E-state index contributed by atoms with van der Waals surface area (Å²) in [5, 5.41) is 11.3. The molecule has 0 radical (unpaired) electrons. The minimum atomic E-state index is -0.142. The Morgan fingerprint density at radius 3 is 2.81 bits per heavy atom. The van der Waals surface area contributed by atoms with Gasteiger partial charge < -0.3 is 5.32 Å². The van der Waals surface area contributed by atoms with E-state index in [1.165, 1.54) is 11.8 Å². The lowest BCUT2D eigenvalue weighted by molar-refractivity contribution is 0.642. The molecule has 2 aromatic rings. The van der Waals surface area contributed by atoms with E-state index >= 15 is 0 Å². The molecule has 2 heterocycles. The summed E-state index contributed by atoms with van der Waals surface area (Å²) < 4.78 is 1.73. The van der Waals surface area contributed by atoms with Crippen molar-refractivity contribution in [2.75, 3.05) is 12.4 Å². The maximum absolute atomic E-state index is 11.8. The molecule has 8 heteroatoms. The Morgan fingerprint density at radius 2 is 2.19 bits per heavy atom. The molecule has 0 saturated heterocycles. The Bertz CT molecular complexity index is 718. The van der Waals surface area contributed by atoms with E-state index in [1.807, 2.05) is 20.9 Å². The normalized spacial score (nSPS) is 14.4. The summed E-state index contributed by atoms with van der Waals surface area (Å²) in [4.78, 5) is 20.9. The van der Waals surface area contributed by atoms with Crippen LogP contribution in [0.2, 0.25) is 0 Å². The van der Waals surface area contributed by atoms with Crippen molar-refractivity contribution in [1.82, 2.24) is 24.7 Å². The van der Waals surface area contributed by atoms with E-state index < -0.39 is 0 Å². The van der Waals surface area contributed by atoms with E-state index in [9.17, 15) is 4.79 Å². The molecule has 112 valence electrons. The molecule has 0 spiro atoms. The van der Waals surface area contributed by atoms with Gasteiger partial charge in [-0.05, 0) is 31.5 Å². The number of anilines is 1. The summed E-state index contributed by atoms with van der Waals surface area (Å²) in [5.74, 6) is 1.60. The van der Waals surface area contributed by atoms with Crippen LogP contribution in [0.5, 0.6) is 0 Å². The summed E-state index contributed by atoms with van der Waals surface area (Å²) in [6.07, 6.45) is 2.84. The summed E-state index contributed by atoms with van der Waals surface area (Å²) in [5.41, 5.74) is 0.828. The fourth-order valence-electron chi connectivity index (χ4n) is 2.14. The lowest BCUT2D eigenvalue weighted by atomic mass is 10.3. The molecule has 21 heavy (non-hydrogen) atoms. The molecule has 1 saturated carbocycles. The third-order valence-corrected chi connectivity index (χ3v) is 4.53. The van der Waals surface area contributed by atoms with Crippen molar-refractivity contribution in [2.24, 2.45) is 0 Å². The molecule has 2 N–H and O–H groups in total. The fraction of sp³-hybridized carbons (Fsp3) is 0.538. The van der Waals surface area contributed by atoms with Crippen molar-refractivity contribution in [3.63, 3.8) is 0 Å². The summed E-state index contributed by atoms with van der Waals surface area (Å²) >= 11 is 1.42. The van der Waals surface area contributed by atoms with Gasteiger partial charge in [0, 0.05) is 25.1 Å². The van der Waals surface area contributed by atoms with Gasteiger partial charge in [0.25, 0.3) is 0 Å². The Kier molecular flexibility index (Phi) is 3.71. The first-order valence-corrected chi connectivity index (χ1v) is 7.85. The number of hydrogen-bond donors (Lipinski definition) is 2. The van der Waals surface area contributed by atoms with Crippen molar-refractivity contribution in [2.45, 2.75) is 49.3 Å². The number of hydrogen-bond acceptors (Lipinski definition) is 6. The molecule has 0 aliphatic heterocycles. The van der Waals surface area contributed by atoms with Crippen LogP contribution in [0.4, 0.5) is 5.82 Å². The van der Waals surface area contributed by atoms with Gasteiger partial charge in [0.2, 0.25) is 0 Å². The lowest BCUT2D eigenvalue weighted by Gasteiger charge is -2.11. The highest BCUT2D eigenvalue weighted by molar-refractivity contribution is 7.99. The van der Waals surface area contributed by atoms with E-state index in [-0.39, 0.29) is 11.7 Å². The second kappa shape index (κ2) is 5.51. The zero-order chi connectivity index (χ0) is 15.0. The minimum absolute atomic E-state index is 0.142. The summed E-state index contributed by atoms with van der Waals surface area (Å²) in [6, 6.07) is 0.287. The van der Waals surface area contributed by atoms with Gasteiger partial charge in [-0.3, -0.25) is 4.57 Å². The third-order valence-electron chi connectivity index (χ3n) is 3.47. The summed E-state index contributed by atoms with van der Waals surface area (Å²) in [6.45, 7) is 3.99. The number of nitrogens with one attached hydrogen (secondary N) is 2. The molecule has 1 aliphatic carbocycles. The van der Waals surface area contributed by atoms with Crippen LogP contribution in [-0.4, -0.2) is 31.8 Å². The smallest absolute Gasteiger partial charge is 0.344 e. The fourth-order valence-corrected chi connectivity index (χ4v) is 3.14. The van der Waals surface area contributed by atoms with Gasteiger partial charge >= 0.3 is 5.69 Å². The predicted molar refractivity (Wildman–Crippen MR) is 80.9 cm³/mol. The first kappa shape index (κ1) is 14.1. The van der Waals surface area contributed by atoms with Crippen LogP contribution in [0.3, 0.4) is 0 Å². The second-order valence-electron chi connectivity index (χ2n) is 5.04. The quantitative estimate of drug-likeness (QED) is 0.818. The van der Waals surface area contributed by atoms with Gasteiger partial charge in [-0.25, -0.2) is 19.9 Å². The van der Waals surface area contributed by atoms with E-state index in [2.05, 4.69) is 25.5 Å². The topological polar surface area (TPSA) is 88.5 Å². The highest BCUT2D eigenvalue weighted by atomic mass is 32.2. The van der Waals surface area contributed by atoms with Gasteiger partial charge in [0.05, 0.1) is 0 Å². The standard InChI is InChI=1S/C13H18N6OS/c1-4-9-15-10(14-3)7(2)11(16-9)21-13-18-17-12(20)19(13)8-5-6-8/h8H,4-6H2,1-3H3,(H,17,20)(H,14,15,16). The van der Waals surface area contributed by atoms with Gasteiger partial charge in [-0.15, -0.1) is 5.10 Å². The lowest BCUT2D eigenvalue weighted by Crippen LogP contribution is -2.16. The van der Waals surface area contributed by atoms with Crippen molar-refractivity contribution in [3.8, 4) is 0 Å². The highest BCUT2D eigenvalue weighted by Crippen LogP contribution is 2.38. The maximum atomic E-state index is 11.8. The average Bonchev–Trinajstić information content (AvgIpc) is 3.25. The molecule has 0 aromatic carbocycles. The molecule has 0 atom stereocenters. The largest absolute Gasteiger partial charge is 0.373 e. The Morgan fingerprint density at radius 1 is 1.43 bits per heavy atom. The molecule has 3 rings (SSSR count). The first-order chi connectivity index (χ1) is 10.1. The van der Waals surface area contributed by atoms with E-state index in [4.69, 9.17) is 0 Å². The second-order valence-corrected chi connectivity index (χ2v) is 5.99. The Balaban J connectivity index is 2.00. The average molecular weight is 306 g/mol. The SMILES string of the molecule is CCc1nc(NC)c(C)c(Sc2n[nH]c(=O)n2C2CC2)n1. The molecular formula is C13H18N6OS. The van der Waals surface area contributed by atoms with E-state index in [0.717, 1.165) is 41.5 Å². The van der Waals surface area contributed by atoms with Gasteiger partial charge in [0.1, 0.15) is 16.7 Å². The minimum Gasteiger partial charge on any atom is -0.373 e. The van der Waals surface area contributed by atoms with Crippen molar-refractivity contribution in [3.05, 3.63) is 21.9 Å². The maximum Gasteiger partial charge on any atom is 0.344 e. The number of aryl methyl sites for hydroxylation is 1. The zero-order valence-electron chi connectivity index (χ0n) is 12.3. The van der Waals surface area contributed by atoms with E-state index in [1.54, 1.807) is 4.57 Å². The Hall–Kier alpha value is -1.83. The zero-order valence-corrected chi connectivity index (χ0v) is 13.1. The number of aromatic amines is 1. The molecule has 0 unspecified atom stereocenters. The molecule has 2 aromatic heterocycles. The van der Waals surface area contributed by atoms with Crippen molar-refractivity contribution >= 4 is 17.6 Å². The number of nitrogens with zero attached hydrogens (tertiary/aromatic N) is 4. The molecular weight excluding hydrogens is 288 g/mol. The molecule has 1 fully saturated rings. The third kappa shape index (κ3) is 2.67. The van der Waals surface area contributed by atoms with Crippen LogP contribution in [0.15, 0.2) is 15.0 Å². The van der Waals surface area contributed by atoms with E-state index in [0.29, 0.717) is 5.16 Å². The van der Waals surface area contributed by atoms with Crippen LogP contribution in [0.25, 0.3) is 0 Å². The van der Waals surface area contributed by atoms with Gasteiger partial charge in [-0.1, -0.05) is 6.92 Å². The van der Waals surface area contributed by atoms with Gasteiger partial charge in [0.15, 0.2) is 5.16 Å². The summed E-state index contributed by atoms with van der Waals surface area (Å²) in [7, 11) is 1.85. The molecule has 0 amide bonds. The van der Waals surface area contributed by atoms with Gasteiger partial charge in [-0.2, -0.15) is 0 Å². The number of H-pyrrole nitrogens is 1. The molecule has 0 bridgehead atoms. The van der Waals surface area contributed by atoms with Crippen LogP contribution >= 0.6 is 11.8 Å². The molecule has 7 nitrogen and oxygen atoms in total. The number of rotatable bonds is 5. The highest BCUT2D eigenvalue weighted by Gasteiger charge is 2.29. The van der Waals surface area contributed by atoms with Crippen LogP contribution in [-0.2, 0) is 6.42 Å². The van der Waals surface area contributed by atoms with Crippen LogP contribution in [0.1, 0.15) is 37.2 Å². The van der Waals surface area contributed by atoms with Crippen molar-refractivity contribution < 1.29 is 0 Å².